The van der Waals surface area contributed by atoms with Crippen LogP contribution in [0.15, 0.2) is 29.2 Å². The Hall–Kier alpha value is -1.00. The molecule has 1 aromatic carbocycles. The first-order valence-electron chi connectivity index (χ1n) is 8.45. The van der Waals surface area contributed by atoms with Crippen LogP contribution in [0.5, 0.6) is 0 Å². The zero-order valence-electron chi connectivity index (χ0n) is 13.4. The van der Waals surface area contributed by atoms with Gasteiger partial charge in [-0.05, 0) is 57.8 Å². The van der Waals surface area contributed by atoms with E-state index in [0.717, 1.165) is 24.6 Å². The number of hydrogen-bond donors (Lipinski definition) is 1. The predicted octanol–water partition coefficient (Wildman–Crippen LogP) is 3.22. The summed E-state index contributed by atoms with van der Waals surface area (Å²) in [5, 5.41) is 3.73. The highest BCUT2D eigenvalue weighted by Gasteiger charge is 2.27. The Balaban J connectivity index is 1.47. The van der Waals surface area contributed by atoms with Crippen LogP contribution in [0.2, 0.25) is 0 Å². The van der Waals surface area contributed by atoms with Crippen LogP contribution in [0.25, 0.3) is 0 Å². The summed E-state index contributed by atoms with van der Waals surface area (Å²) < 4.78 is 0. The van der Waals surface area contributed by atoms with Crippen molar-refractivity contribution in [1.29, 1.82) is 0 Å². The van der Waals surface area contributed by atoms with Crippen LogP contribution < -0.4 is 5.32 Å². The third kappa shape index (κ3) is 4.26. The third-order valence-corrected chi connectivity index (χ3v) is 6.17. The number of carbonyl (C=O) groups excluding carboxylic acids is 1. The summed E-state index contributed by atoms with van der Waals surface area (Å²) in [6, 6.07) is 9.49. The Bertz CT molecular complexity index is 494. The van der Waals surface area contributed by atoms with Crippen LogP contribution in [0.1, 0.15) is 37.7 Å². The van der Waals surface area contributed by atoms with E-state index in [1.165, 1.54) is 36.4 Å². The maximum absolute atomic E-state index is 11.5. The monoisotopic (exact) mass is 318 g/mol. The molecule has 120 valence electrons. The quantitative estimate of drug-likeness (QED) is 0.929. The van der Waals surface area contributed by atoms with Gasteiger partial charge in [-0.3, -0.25) is 4.79 Å². The highest BCUT2D eigenvalue weighted by molar-refractivity contribution is 8.00. The van der Waals surface area contributed by atoms with E-state index in [0.29, 0.717) is 12.5 Å². The Morgan fingerprint density at radius 1 is 1.09 bits per heavy atom. The molecular formula is C18H26N2OS. The lowest BCUT2D eigenvalue weighted by Gasteiger charge is -2.37. The number of amides is 1. The van der Waals surface area contributed by atoms with Crippen molar-refractivity contribution >= 4 is 17.7 Å². The van der Waals surface area contributed by atoms with Crippen LogP contribution in [-0.2, 0) is 4.79 Å². The molecule has 4 heteroatoms. The van der Waals surface area contributed by atoms with E-state index in [1.807, 2.05) is 11.8 Å². The normalized spacial score (nSPS) is 24.8. The van der Waals surface area contributed by atoms with Gasteiger partial charge in [0.1, 0.15) is 0 Å². The molecule has 1 amide bonds. The van der Waals surface area contributed by atoms with Gasteiger partial charge in [-0.2, -0.15) is 0 Å². The van der Waals surface area contributed by atoms with Gasteiger partial charge in [-0.1, -0.05) is 17.7 Å². The van der Waals surface area contributed by atoms with E-state index in [9.17, 15) is 4.79 Å². The molecule has 0 unspecified atom stereocenters. The predicted molar refractivity (Wildman–Crippen MR) is 92.3 cm³/mol. The fraction of sp³-hybridized carbons (Fsp3) is 0.611. The summed E-state index contributed by atoms with van der Waals surface area (Å²) in [7, 11) is 0. The molecule has 2 heterocycles. The number of benzene rings is 1. The van der Waals surface area contributed by atoms with E-state index in [4.69, 9.17) is 0 Å². The Morgan fingerprint density at radius 2 is 1.82 bits per heavy atom. The molecule has 22 heavy (non-hydrogen) atoms. The largest absolute Gasteiger partial charge is 0.356 e. The van der Waals surface area contributed by atoms with E-state index < -0.39 is 0 Å². The molecule has 0 aliphatic carbocycles. The molecule has 0 spiro atoms. The zero-order chi connectivity index (χ0) is 15.4. The van der Waals surface area contributed by atoms with Gasteiger partial charge in [-0.15, -0.1) is 11.8 Å². The maximum Gasteiger partial charge on any atom is 0.220 e. The van der Waals surface area contributed by atoms with Crippen molar-refractivity contribution in [3.05, 3.63) is 29.8 Å². The highest BCUT2D eigenvalue weighted by atomic mass is 32.2. The molecule has 2 aliphatic heterocycles. The molecule has 1 atom stereocenters. The number of piperidine rings is 1. The van der Waals surface area contributed by atoms with Gasteiger partial charge in [-0.25, -0.2) is 0 Å². The molecule has 3 nitrogen and oxygen atoms in total. The number of nitrogens with zero attached hydrogens (tertiary/aromatic N) is 1. The van der Waals surface area contributed by atoms with Crippen molar-refractivity contribution in [2.24, 2.45) is 0 Å². The first-order chi connectivity index (χ1) is 10.7. The number of hydrogen-bond acceptors (Lipinski definition) is 3. The second kappa shape index (κ2) is 7.51. The van der Waals surface area contributed by atoms with Crippen molar-refractivity contribution in [1.82, 2.24) is 10.2 Å². The SMILES string of the molecule is Cc1ccc(SC2CCN([C@H]3CCNC(=O)CC3)CC2)cc1. The van der Waals surface area contributed by atoms with Crippen LogP contribution in [0.4, 0.5) is 0 Å². The number of rotatable bonds is 3. The van der Waals surface area contributed by atoms with Gasteiger partial charge in [0, 0.05) is 29.2 Å². The lowest BCUT2D eigenvalue weighted by molar-refractivity contribution is -0.120. The average molecular weight is 318 g/mol. The number of carbonyl (C=O) groups is 1. The molecule has 0 saturated carbocycles. The van der Waals surface area contributed by atoms with Crippen molar-refractivity contribution < 1.29 is 4.79 Å². The second-order valence-corrected chi connectivity index (χ2v) is 7.87. The summed E-state index contributed by atoms with van der Waals surface area (Å²) in [4.78, 5) is 15.5. The smallest absolute Gasteiger partial charge is 0.220 e. The maximum atomic E-state index is 11.5. The first kappa shape index (κ1) is 15.9. The number of thioether (sulfide) groups is 1. The average Bonchev–Trinajstić information content (AvgIpc) is 2.75. The van der Waals surface area contributed by atoms with Crippen LogP contribution >= 0.6 is 11.8 Å². The van der Waals surface area contributed by atoms with Crippen molar-refractivity contribution in [2.45, 2.75) is 55.2 Å². The van der Waals surface area contributed by atoms with Crippen molar-refractivity contribution in [3.8, 4) is 0 Å². The number of nitrogens with one attached hydrogen (secondary N) is 1. The van der Waals surface area contributed by atoms with Gasteiger partial charge in [0.15, 0.2) is 0 Å². The Morgan fingerprint density at radius 3 is 2.55 bits per heavy atom. The highest BCUT2D eigenvalue weighted by Crippen LogP contribution is 2.31. The van der Waals surface area contributed by atoms with E-state index in [-0.39, 0.29) is 5.91 Å². The minimum atomic E-state index is 0.229. The van der Waals surface area contributed by atoms with Gasteiger partial charge in [0.2, 0.25) is 5.91 Å². The summed E-state index contributed by atoms with van der Waals surface area (Å²) in [6.07, 6.45) is 5.36. The lowest BCUT2D eigenvalue weighted by atomic mass is 10.0. The van der Waals surface area contributed by atoms with E-state index in [1.54, 1.807) is 0 Å². The minimum Gasteiger partial charge on any atom is -0.356 e. The Kier molecular flexibility index (Phi) is 5.42. The van der Waals surface area contributed by atoms with E-state index >= 15 is 0 Å². The first-order valence-corrected chi connectivity index (χ1v) is 9.33. The minimum absolute atomic E-state index is 0.229. The number of aryl methyl sites for hydroxylation is 1. The summed E-state index contributed by atoms with van der Waals surface area (Å²) in [5.74, 6) is 0.229. The molecule has 2 fully saturated rings. The van der Waals surface area contributed by atoms with Crippen molar-refractivity contribution in [2.75, 3.05) is 19.6 Å². The van der Waals surface area contributed by atoms with Gasteiger partial charge >= 0.3 is 0 Å². The van der Waals surface area contributed by atoms with Crippen molar-refractivity contribution in [3.63, 3.8) is 0 Å². The molecule has 0 aromatic heterocycles. The standard InChI is InChI=1S/C18H26N2OS/c1-14-2-5-16(6-3-14)22-17-9-12-20(13-10-17)15-4-7-18(21)19-11-8-15/h2-3,5-6,15,17H,4,7-13H2,1H3,(H,19,21)/t15-/m1/s1. The lowest BCUT2D eigenvalue weighted by Crippen LogP contribution is -2.42. The molecule has 3 rings (SSSR count). The van der Waals surface area contributed by atoms with E-state index in [2.05, 4.69) is 41.4 Å². The molecule has 1 aromatic rings. The molecule has 1 N–H and O–H groups in total. The number of likely N-dealkylation sites (tertiary alicyclic amines) is 1. The topological polar surface area (TPSA) is 32.3 Å². The summed E-state index contributed by atoms with van der Waals surface area (Å²) in [5.41, 5.74) is 1.33. The fourth-order valence-electron chi connectivity index (χ4n) is 3.44. The van der Waals surface area contributed by atoms with Gasteiger partial charge < -0.3 is 10.2 Å². The molecule has 0 radical (unpaired) electrons. The van der Waals surface area contributed by atoms with Crippen LogP contribution in [0, 0.1) is 6.92 Å². The molecule has 2 saturated heterocycles. The third-order valence-electron chi connectivity index (χ3n) is 4.82. The van der Waals surface area contributed by atoms with Crippen LogP contribution in [0.3, 0.4) is 0 Å². The van der Waals surface area contributed by atoms with Crippen LogP contribution in [-0.4, -0.2) is 41.7 Å². The zero-order valence-corrected chi connectivity index (χ0v) is 14.2. The molecular weight excluding hydrogens is 292 g/mol. The summed E-state index contributed by atoms with van der Waals surface area (Å²) >= 11 is 2.03. The van der Waals surface area contributed by atoms with Gasteiger partial charge in [0.25, 0.3) is 0 Å². The molecule has 2 aliphatic rings. The summed E-state index contributed by atoms with van der Waals surface area (Å²) in [6.45, 7) is 5.35. The van der Waals surface area contributed by atoms with Gasteiger partial charge in [0.05, 0.1) is 0 Å². The Labute approximate surface area is 137 Å². The second-order valence-electron chi connectivity index (χ2n) is 6.50. The fourth-order valence-corrected chi connectivity index (χ4v) is 4.57. The molecule has 0 bridgehead atoms.